The summed E-state index contributed by atoms with van der Waals surface area (Å²) >= 11 is 0. The molecule has 0 aliphatic rings. The molecule has 78 valence electrons. The molecule has 0 atom stereocenters. The Kier molecular flexibility index (Phi) is 2.43. The molecule has 0 saturated heterocycles. The highest BCUT2D eigenvalue weighted by Crippen LogP contribution is 2.29. The molecule has 4 nitrogen and oxygen atoms in total. The second kappa shape index (κ2) is 3.74. The number of hydrogen-bond acceptors (Lipinski definition) is 4. The Labute approximate surface area is 87.3 Å². The van der Waals surface area contributed by atoms with Crippen LogP contribution in [0.5, 0.6) is 0 Å². The first-order chi connectivity index (χ1) is 7.24. The van der Waals surface area contributed by atoms with Crippen LogP contribution in [0.2, 0.25) is 0 Å². The van der Waals surface area contributed by atoms with E-state index in [1.165, 1.54) is 0 Å². The van der Waals surface area contributed by atoms with Crippen LogP contribution in [0.1, 0.15) is 11.3 Å². The first kappa shape index (κ1) is 9.73. The molecule has 15 heavy (non-hydrogen) atoms. The molecule has 3 N–H and O–H groups in total. The number of anilines is 1. The smallest absolute Gasteiger partial charge is 0.139 e. The number of rotatable bonds is 2. The van der Waals surface area contributed by atoms with E-state index in [0.717, 1.165) is 5.56 Å². The van der Waals surface area contributed by atoms with Gasteiger partial charge in [-0.15, -0.1) is 0 Å². The van der Waals surface area contributed by atoms with Crippen LogP contribution >= 0.6 is 0 Å². The molecule has 0 unspecified atom stereocenters. The molecule has 0 radical (unpaired) electrons. The number of aliphatic hydroxyl groups is 1. The zero-order valence-corrected chi connectivity index (χ0v) is 8.40. The third kappa shape index (κ3) is 1.59. The Balaban J connectivity index is 2.59. The number of nitrogens with zero attached hydrogens (tertiary/aromatic N) is 1. The maximum absolute atomic E-state index is 9.20. The van der Waals surface area contributed by atoms with Crippen LogP contribution in [0.15, 0.2) is 28.8 Å². The molecule has 1 aromatic heterocycles. The summed E-state index contributed by atoms with van der Waals surface area (Å²) in [4.78, 5) is 0. The third-order valence-electron chi connectivity index (χ3n) is 2.36. The number of aryl methyl sites for hydroxylation is 1. The number of hydrogen-bond donors (Lipinski definition) is 2. The maximum atomic E-state index is 9.20. The normalized spacial score (nSPS) is 10.5. The number of aromatic nitrogens is 1. The van der Waals surface area contributed by atoms with Crippen molar-refractivity contribution in [2.45, 2.75) is 13.5 Å². The Morgan fingerprint density at radius 2 is 2.13 bits per heavy atom. The van der Waals surface area contributed by atoms with Crippen LogP contribution in [-0.2, 0) is 6.61 Å². The number of para-hydroxylation sites is 1. The Morgan fingerprint density at radius 1 is 1.40 bits per heavy atom. The predicted octanol–water partition coefficient (Wildman–Crippen LogP) is 1.72. The second-order valence-corrected chi connectivity index (χ2v) is 3.31. The average molecular weight is 204 g/mol. The second-order valence-electron chi connectivity index (χ2n) is 3.31. The van der Waals surface area contributed by atoms with Crippen molar-refractivity contribution in [3.05, 3.63) is 35.6 Å². The summed E-state index contributed by atoms with van der Waals surface area (Å²) < 4.78 is 5.03. The molecule has 0 aliphatic heterocycles. The van der Waals surface area contributed by atoms with E-state index in [1.807, 2.05) is 18.2 Å². The molecule has 1 heterocycles. The average Bonchev–Trinajstić information content (AvgIpc) is 2.60. The highest BCUT2D eigenvalue weighted by atomic mass is 16.5. The molecule has 0 bridgehead atoms. The summed E-state index contributed by atoms with van der Waals surface area (Å²) in [7, 11) is 0. The van der Waals surface area contributed by atoms with Crippen LogP contribution in [0, 0.1) is 6.92 Å². The molecule has 0 spiro atoms. The Hall–Kier alpha value is -1.81. The fraction of sp³-hybridized carbons (Fsp3) is 0.182. The summed E-state index contributed by atoms with van der Waals surface area (Å²) in [5.74, 6) is 0.621. The van der Waals surface area contributed by atoms with Gasteiger partial charge in [0, 0.05) is 16.8 Å². The first-order valence-electron chi connectivity index (χ1n) is 4.65. The van der Waals surface area contributed by atoms with Crippen LogP contribution in [0.4, 0.5) is 5.69 Å². The summed E-state index contributed by atoms with van der Waals surface area (Å²) in [6, 6.07) is 7.37. The molecule has 4 heteroatoms. The number of nitrogen functional groups attached to an aromatic ring is 1. The van der Waals surface area contributed by atoms with E-state index in [-0.39, 0.29) is 6.61 Å². The van der Waals surface area contributed by atoms with Gasteiger partial charge in [-0.25, -0.2) is 0 Å². The SMILES string of the molecule is Cc1onc(-c2ccccc2N)c1CO. The van der Waals surface area contributed by atoms with Crippen molar-refractivity contribution in [2.24, 2.45) is 0 Å². The summed E-state index contributed by atoms with van der Waals surface area (Å²) in [6.45, 7) is 1.67. The van der Waals surface area contributed by atoms with Gasteiger partial charge in [0.2, 0.25) is 0 Å². The first-order valence-corrected chi connectivity index (χ1v) is 4.65. The van der Waals surface area contributed by atoms with E-state index in [1.54, 1.807) is 13.0 Å². The van der Waals surface area contributed by atoms with Gasteiger partial charge in [-0.05, 0) is 13.0 Å². The lowest BCUT2D eigenvalue weighted by molar-refractivity contribution is 0.278. The maximum Gasteiger partial charge on any atom is 0.139 e. The van der Waals surface area contributed by atoms with Gasteiger partial charge in [0.25, 0.3) is 0 Å². The fourth-order valence-corrected chi connectivity index (χ4v) is 1.50. The summed E-state index contributed by atoms with van der Waals surface area (Å²) in [5, 5.41) is 13.1. The van der Waals surface area contributed by atoms with Crippen LogP contribution < -0.4 is 5.73 Å². The van der Waals surface area contributed by atoms with Crippen molar-refractivity contribution in [2.75, 3.05) is 5.73 Å². The summed E-state index contributed by atoms with van der Waals surface area (Å²) in [6.07, 6.45) is 0. The minimum Gasteiger partial charge on any atom is -0.398 e. The van der Waals surface area contributed by atoms with Crippen molar-refractivity contribution in [1.29, 1.82) is 0 Å². The van der Waals surface area contributed by atoms with E-state index in [0.29, 0.717) is 22.7 Å². The van der Waals surface area contributed by atoms with E-state index in [4.69, 9.17) is 10.3 Å². The van der Waals surface area contributed by atoms with Gasteiger partial charge in [-0.1, -0.05) is 23.4 Å². The lowest BCUT2D eigenvalue weighted by Crippen LogP contribution is -1.93. The molecule has 0 aliphatic carbocycles. The highest BCUT2D eigenvalue weighted by Gasteiger charge is 2.15. The van der Waals surface area contributed by atoms with Crippen molar-refractivity contribution < 1.29 is 9.63 Å². The quantitative estimate of drug-likeness (QED) is 0.730. The number of nitrogens with two attached hydrogens (primary N) is 1. The lowest BCUT2D eigenvalue weighted by Gasteiger charge is -2.02. The van der Waals surface area contributed by atoms with Crippen LogP contribution in [0.3, 0.4) is 0 Å². The van der Waals surface area contributed by atoms with Gasteiger partial charge in [0.1, 0.15) is 11.5 Å². The molecule has 2 aromatic rings. The van der Waals surface area contributed by atoms with Crippen LogP contribution in [-0.4, -0.2) is 10.3 Å². The highest BCUT2D eigenvalue weighted by molar-refractivity contribution is 5.75. The van der Waals surface area contributed by atoms with Gasteiger partial charge in [-0.3, -0.25) is 0 Å². The van der Waals surface area contributed by atoms with Gasteiger partial charge >= 0.3 is 0 Å². The zero-order chi connectivity index (χ0) is 10.8. The Morgan fingerprint density at radius 3 is 2.80 bits per heavy atom. The summed E-state index contributed by atoms with van der Waals surface area (Å²) in [5.41, 5.74) is 8.54. The van der Waals surface area contributed by atoms with Gasteiger partial charge < -0.3 is 15.4 Å². The minimum atomic E-state index is -0.0982. The molecule has 0 fully saturated rings. The number of aliphatic hydroxyl groups excluding tert-OH is 1. The molecule has 2 rings (SSSR count). The van der Waals surface area contributed by atoms with Gasteiger partial charge in [-0.2, -0.15) is 0 Å². The number of benzene rings is 1. The third-order valence-corrected chi connectivity index (χ3v) is 2.36. The minimum absolute atomic E-state index is 0.0982. The molecule has 0 saturated carbocycles. The lowest BCUT2D eigenvalue weighted by atomic mass is 10.1. The van der Waals surface area contributed by atoms with E-state index in [9.17, 15) is 5.11 Å². The van der Waals surface area contributed by atoms with Gasteiger partial charge in [0.15, 0.2) is 0 Å². The van der Waals surface area contributed by atoms with Crippen molar-refractivity contribution in [3.63, 3.8) is 0 Å². The van der Waals surface area contributed by atoms with E-state index in [2.05, 4.69) is 5.16 Å². The van der Waals surface area contributed by atoms with Crippen molar-refractivity contribution in [1.82, 2.24) is 5.16 Å². The monoisotopic (exact) mass is 204 g/mol. The molecule has 1 aromatic carbocycles. The predicted molar refractivity (Wildman–Crippen MR) is 57.0 cm³/mol. The molecule has 0 amide bonds. The largest absolute Gasteiger partial charge is 0.398 e. The van der Waals surface area contributed by atoms with Crippen molar-refractivity contribution >= 4 is 5.69 Å². The standard InChI is InChI=1S/C11H12N2O2/c1-7-9(6-14)11(13-15-7)8-4-2-3-5-10(8)12/h2-5,14H,6,12H2,1H3. The van der Waals surface area contributed by atoms with Crippen molar-refractivity contribution in [3.8, 4) is 11.3 Å². The Bertz CT molecular complexity index is 477. The van der Waals surface area contributed by atoms with E-state index >= 15 is 0 Å². The topological polar surface area (TPSA) is 72.3 Å². The van der Waals surface area contributed by atoms with Crippen LogP contribution in [0.25, 0.3) is 11.3 Å². The molecular weight excluding hydrogens is 192 g/mol. The fourth-order valence-electron chi connectivity index (χ4n) is 1.50. The zero-order valence-electron chi connectivity index (χ0n) is 8.40. The van der Waals surface area contributed by atoms with Gasteiger partial charge in [0.05, 0.1) is 6.61 Å². The van der Waals surface area contributed by atoms with E-state index < -0.39 is 0 Å². The molecular formula is C11H12N2O2.